The highest BCUT2D eigenvalue weighted by molar-refractivity contribution is 6.30. The van der Waals surface area contributed by atoms with Crippen LogP contribution in [0.15, 0.2) is 47.2 Å². The van der Waals surface area contributed by atoms with Crippen molar-refractivity contribution in [2.24, 2.45) is 0 Å². The van der Waals surface area contributed by atoms with Gasteiger partial charge in [0.15, 0.2) is 0 Å². The molecule has 1 atom stereocenters. The van der Waals surface area contributed by atoms with E-state index in [0.717, 1.165) is 22.1 Å². The quantitative estimate of drug-likeness (QED) is 0.775. The lowest BCUT2D eigenvalue weighted by molar-refractivity contribution is 0.597. The average molecular weight is 288 g/mol. The van der Waals surface area contributed by atoms with E-state index in [0.29, 0.717) is 10.8 Å². The van der Waals surface area contributed by atoms with Gasteiger partial charge >= 0.3 is 0 Å². The molecule has 0 aliphatic carbocycles. The third kappa shape index (κ3) is 2.13. The third-order valence-corrected chi connectivity index (χ3v) is 3.54. The van der Waals surface area contributed by atoms with Gasteiger partial charge in [0.1, 0.15) is 11.4 Å². The Bertz CT molecular complexity index is 754. The summed E-state index contributed by atoms with van der Waals surface area (Å²) < 4.78 is 5.59. The number of halogens is 1. The number of nitrogens with zero attached hydrogens (tertiary/aromatic N) is 1. The van der Waals surface area contributed by atoms with Crippen LogP contribution in [0.1, 0.15) is 17.2 Å². The van der Waals surface area contributed by atoms with E-state index in [-0.39, 0.29) is 6.04 Å². The maximum atomic E-state index is 6.03. The smallest absolute Gasteiger partial charge is 0.134 e. The number of benzene rings is 1. The minimum atomic E-state index is -0.121. The van der Waals surface area contributed by atoms with Crippen LogP contribution in [0, 0.1) is 0 Å². The van der Waals surface area contributed by atoms with E-state index in [2.05, 4.69) is 10.3 Å². The Morgan fingerprint density at radius 1 is 1.30 bits per heavy atom. The molecule has 0 saturated carbocycles. The number of nitrogens with two attached hydrogens (primary N) is 1. The fourth-order valence-corrected chi connectivity index (χ4v) is 2.56. The topological polar surface area (TPSA) is 64.1 Å². The van der Waals surface area contributed by atoms with Crippen LogP contribution in [-0.4, -0.2) is 12.0 Å². The van der Waals surface area contributed by atoms with Gasteiger partial charge in [0.25, 0.3) is 0 Å². The van der Waals surface area contributed by atoms with Crippen molar-refractivity contribution in [1.82, 2.24) is 10.3 Å². The van der Waals surface area contributed by atoms with Gasteiger partial charge in [0, 0.05) is 22.7 Å². The number of hydrogen-bond donors (Lipinski definition) is 2. The number of fused-ring (bicyclic) bond motifs is 1. The van der Waals surface area contributed by atoms with Gasteiger partial charge in [-0.2, -0.15) is 0 Å². The number of aromatic nitrogens is 1. The molecule has 20 heavy (non-hydrogen) atoms. The molecule has 0 radical (unpaired) electrons. The second kappa shape index (κ2) is 5.15. The van der Waals surface area contributed by atoms with Crippen LogP contribution in [0.3, 0.4) is 0 Å². The molecule has 1 aromatic carbocycles. The van der Waals surface area contributed by atoms with Crippen molar-refractivity contribution in [2.75, 3.05) is 12.8 Å². The molecule has 3 N–H and O–H groups in total. The molecule has 0 amide bonds. The van der Waals surface area contributed by atoms with Crippen molar-refractivity contribution in [3.63, 3.8) is 0 Å². The summed E-state index contributed by atoms with van der Waals surface area (Å²) in [6.07, 6.45) is 3.28. The maximum Gasteiger partial charge on any atom is 0.134 e. The van der Waals surface area contributed by atoms with E-state index >= 15 is 0 Å². The highest BCUT2D eigenvalue weighted by Crippen LogP contribution is 2.33. The highest BCUT2D eigenvalue weighted by atomic mass is 35.5. The second-order valence-electron chi connectivity index (χ2n) is 4.54. The zero-order chi connectivity index (χ0) is 14.1. The van der Waals surface area contributed by atoms with Crippen LogP contribution in [0.2, 0.25) is 5.02 Å². The lowest BCUT2D eigenvalue weighted by Gasteiger charge is -2.17. The first-order valence-electron chi connectivity index (χ1n) is 6.25. The molecule has 4 nitrogen and oxygen atoms in total. The first-order valence-corrected chi connectivity index (χ1v) is 6.63. The van der Waals surface area contributed by atoms with Gasteiger partial charge in [-0.25, -0.2) is 4.98 Å². The van der Waals surface area contributed by atoms with Gasteiger partial charge in [-0.3, -0.25) is 0 Å². The predicted octanol–water partition coefficient (Wildman–Crippen LogP) is 3.37. The van der Waals surface area contributed by atoms with Crippen LogP contribution >= 0.6 is 11.6 Å². The number of para-hydroxylation sites is 1. The van der Waals surface area contributed by atoms with Crippen molar-refractivity contribution in [1.29, 1.82) is 0 Å². The Kier molecular flexibility index (Phi) is 3.34. The molecule has 0 saturated heterocycles. The Hall–Kier alpha value is -2.04. The highest BCUT2D eigenvalue weighted by Gasteiger charge is 2.20. The number of nitrogen functional groups attached to an aromatic ring is 1. The summed E-state index contributed by atoms with van der Waals surface area (Å²) in [6.45, 7) is 0. The first-order chi connectivity index (χ1) is 9.70. The molecule has 3 aromatic rings. The number of nitrogens with one attached hydrogen (secondary N) is 1. The van der Waals surface area contributed by atoms with Crippen LogP contribution in [0.4, 0.5) is 5.82 Å². The van der Waals surface area contributed by atoms with Gasteiger partial charge in [0.2, 0.25) is 0 Å². The molecule has 1 unspecified atom stereocenters. The zero-order valence-corrected chi connectivity index (χ0v) is 11.7. The summed E-state index contributed by atoms with van der Waals surface area (Å²) in [6, 6.07) is 9.59. The molecular formula is C15H14ClN3O. The van der Waals surface area contributed by atoms with Crippen LogP contribution in [-0.2, 0) is 0 Å². The fraction of sp³-hybridized carbons (Fsp3) is 0.133. The lowest BCUT2D eigenvalue weighted by Crippen LogP contribution is -2.19. The molecular weight excluding hydrogens is 274 g/mol. The summed E-state index contributed by atoms with van der Waals surface area (Å²) in [4.78, 5) is 4.11. The number of furan rings is 1. The molecule has 0 fully saturated rings. The minimum absolute atomic E-state index is 0.121. The average Bonchev–Trinajstić information content (AvgIpc) is 2.88. The first kappa shape index (κ1) is 13.0. The summed E-state index contributed by atoms with van der Waals surface area (Å²) in [5.74, 6) is 0.457. The molecule has 0 bridgehead atoms. The monoisotopic (exact) mass is 287 g/mol. The number of pyridine rings is 1. The van der Waals surface area contributed by atoms with Crippen molar-refractivity contribution in [3.05, 3.63) is 58.9 Å². The van der Waals surface area contributed by atoms with E-state index in [1.165, 1.54) is 0 Å². The number of hydrogen-bond acceptors (Lipinski definition) is 4. The molecule has 2 aromatic heterocycles. The molecule has 0 aliphatic rings. The van der Waals surface area contributed by atoms with Gasteiger partial charge in [-0.05, 0) is 19.2 Å². The Morgan fingerprint density at radius 3 is 2.90 bits per heavy atom. The van der Waals surface area contributed by atoms with Gasteiger partial charge < -0.3 is 15.5 Å². The van der Waals surface area contributed by atoms with Gasteiger partial charge in [-0.15, -0.1) is 0 Å². The van der Waals surface area contributed by atoms with Crippen LogP contribution in [0.5, 0.6) is 0 Å². The van der Waals surface area contributed by atoms with Crippen LogP contribution < -0.4 is 11.1 Å². The van der Waals surface area contributed by atoms with E-state index in [4.69, 9.17) is 21.8 Å². The Morgan fingerprint density at radius 2 is 2.10 bits per heavy atom. The number of rotatable bonds is 3. The van der Waals surface area contributed by atoms with Crippen molar-refractivity contribution in [2.45, 2.75) is 6.04 Å². The normalized spacial score (nSPS) is 12.7. The molecule has 102 valence electrons. The summed E-state index contributed by atoms with van der Waals surface area (Å²) in [5.41, 5.74) is 8.67. The van der Waals surface area contributed by atoms with Gasteiger partial charge in [-0.1, -0.05) is 29.8 Å². The summed E-state index contributed by atoms with van der Waals surface area (Å²) in [7, 11) is 1.87. The molecule has 0 aliphatic heterocycles. The summed E-state index contributed by atoms with van der Waals surface area (Å²) in [5, 5.41) is 4.85. The minimum Gasteiger partial charge on any atom is -0.464 e. The van der Waals surface area contributed by atoms with Gasteiger partial charge in [0.05, 0.1) is 17.3 Å². The maximum absolute atomic E-state index is 6.03. The molecule has 3 rings (SSSR count). The van der Waals surface area contributed by atoms with Crippen LogP contribution in [0.25, 0.3) is 11.0 Å². The Labute approximate surface area is 121 Å². The molecule has 0 spiro atoms. The van der Waals surface area contributed by atoms with E-state index in [1.807, 2.05) is 37.4 Å². The predicted molar refractivity (Wildman–Crippen MR) is 80.8 cm³/mol. The summed E-state index contributed by atoms with van der Waals surface area (Å²) >= 11 is 6.03. The lowest BCUT2D eigenvalue weighted by atomic mass is 9.99. The fourth-order valence-electron chi connectivity index (χ4n) is 2.40. The molecule has 2 heterocycles. The van der Waals surface area contributed by atoms with E-state index in [9.17, 15) is 0 Å². The van der Waals surface area contributed by atoms with Crippen molar-refractivity contribution < 1.29 is 4.42 Å². The van der Waals surface area contributed by atoms with E-state index in [1.54, 1.807) is 12.5 Å². The third-order valence-electron chi connectivity index (χ3n) is 3.34. The second-order valence-corrected chi connectivity index (χ2v) is 4.97. The largest absolute Gasteiger partial charge is 0.464 e. The number of anilines is 1. The van der Waals surface area contributed by atoms with E-state index < -0.39 is 0 Å². The Balaban J connectivity index is 2.16. The van der Waals surface area contributed by atoms with Crippen molar-refractivity contribution >= 4 is 28.4 Å². The standard InChI is InChI=1S/C15H14ClN3O/c1-18-14(11-6-9(16)7-19-15(11)17)12-8-20-13-5-3-2-4-10(12)13/h2-8,14,18H,1H3,(H2,17,19). The van der Waals surface area contributed by atoms with Crippen molar-refractivity contribution in [3.8, 4) is 0 Å². The molecule has 5 heteroatoms. The SMILES string of the molecule is CNC(c1cc(Cl)cnc1N)c1coc2ccccc12. The zero-order valence-electron chi connectivity index (χ0n) is 10.9.